The van der Waals surface area contributed by atoms with Crippen LogP contribution >= 0.6 is 12.6 Å². The minimum absolute atomic E-state index is 0.359. The minimum atomic E-state index is -0.522. The van der Waals surface area contributed by atoms with Gasteiger partial charge in [0.2, 0.25) is 0 Å². The smallest absolute Gasteiger partial charge is 0.0857 e. The van der Waals surface area contributed by atoms with Crippen LogP contribution in [0.25, 0.3) is 0 Å². The highest BCUT2D eigenvalue weighted by atomic mass is 32.1. The summed E-state index contributed by atoms with van der Waals surface area (Å²) < 4.78 is -0.359. The number of aliphatic hydroxyl groups excluding tert-OH is 1. The first-order valence-corrected chi connectivity index (χ1v) is 2.96. The largest absolute Gasteiger partial charge is 0.388 e. The molecule has 0 aliphatic rings. The third-order valence-electron chi connectivity index (χ3n) is 0.947. The second-order valence-corrected chi connectivity index (χ2v) is 3.49. The van der Waals surface area contributed by atoms with Crippen molar-refractivity contribution >= 4 is 12.6 Å². The molecular formula is C6H12OS. The van der Waals surface area contributed by atoms with Crippen molar-refractivity contribution in [2.75, 3.05) is 0 Å². The van der Waals surface area contributed by atoms with Gasteiger partial charge in [0.1, 0.15) is 0 Å². The van der Waals surface area contributed by atoms with Gasteiger partial charge in [-0.2, -0.15) is 12.6 Å². The summed E-state index contributed by atoms with van der Waals surface area (Å²) in [5, 5.41) is 9.00. The lowest BCUT2D eigenvalue weighted by molar-refractivity contribution is 0.190. The van der Waals surface area contributed by atoms with Crippen LogP contribution in [0.15, 0.2) is 12.7 Å². The van der Waals surface area contributed by atoms with Gasteiger partial charge in [0.25, 0.3) is 0 Å². The van der Waals surface area contributed by atoms with Gasteiger partial charge in [-0.1, -0.05) is 6.08 Å². The first-order chi connectivity index (χ1) is 3.48. The second kappa shape index (κ2) is 2.55. The van der Waals surface area contributed by atoms with Crippen molar-refractivity contribution in [2.45, 2.75) is 24.7 Å². The standard InChI is InChI=1S/C6H12OS/c1-4-5(7)6(2,3)8/h4-5,7-8H,1H2,2-3H3/t5-/m0/s1. The van der Waals surface area contributed by atoms with E-state index in [9.17, 15) is 0 Å². The average molecular weight is 132 g/mol. The number of hydrogen-bond donors (Lipinski definition) is 2. The number of aliphatic hydroxyl groups is 1. The van der Waals surface area contributed by atoms with Crippen LogP contribution in [-0.2, 0) is 0 Å². The third kappa shape index (κ3) is 2.38. The average Bonchev–Trinajstić information content (AvgIpc) is 1.62. The van der Waals surface area contributed by atoms with Crippen LogP contribution in [0, 0.1) is 0 Å². The fourth-order valence-electron chi connectivity index (χ4n) is 0.288. The van der Waals surface area contributed by atoms with E-state index in [-0.39, 0.29) is 4.75 Å². The summed E-state index contributed by atoms with van der Waals surface area (Å²) in [5.74, 6) is 0. The molecule has 1 N–H and O–H groups in total. The zero-order chi connectivity index (χ0) is 6.78. The molecule has 0 aliphatic carbocycles. The topological polar surface area (TPSA) is 20.2 Å². The van der Waals surface area contributed by atoms with Gasteiger partial charge in [0, 0.05) is 4.75 Å². The maximum atomic E-state index is 9.00. The van der Waals surface area contributed by atoms with E-state index in [2.05, 4.69) is 19.2 Å². The van der Waals surface area contributed by atoms with Crippen molar-refractivity contribution < 1.29 is 5.11 Å². The summed E-state index contributed by atoms with van der Waals surface area (Å²) in [4.78, 5) is 0. The van der Waals surface area contributed by atoms with E-state index in [1.807, 2.05) is 13.8 Å². The molecule has 0 aromatic carbocycles. The molecule has 0 aromatic heterocycles. The van der Waals surface area contributed by atoms with Gasteiger partial charge < -0.3 is 5.11 Å². The molecular weight excluding hydrogens is 120 g/mol. The maximum Gasteiger partial charge on any atom is 0.0857 e. The van der Waals surface area contributed by atoms with Gasteiger partial charge in [0.05, 0.1) is 6.10 Å². The minimum Gasteiger partial charge on any atom is -0.388 e. The number of rotatable bonds is 2. The van der Waals surface area contributed by atoms with E-state index in [0.717, 1.165) is 0 Å². The number of hydrogen-bond acceptors (Lipinski definition) is 2. The Morgan fingerprint density at radius 3 is 2.12 bits per heavy atom. The quantitative estimate of drug-likeness (QED) is 0.428. The van der Waals surface area contributed by atoms with E-state index >= 15 is 0 Å². The summed E-state index contributed by atoms with van der Waals surface area (Å²) in [7, 11) is 0. The second-order valence-electron chi connectivity index (χ2n) is 2.33. The Kier molecular flexibility index (Phi) is 2.57. The summed E-state index contributed by atoms with van der Waals surface area (Å²) >= 11 is 4.11. The SMILES string of the molecule is C=C[C@H](O)C(C)(C)S. The van der Waals surface area contributed by atoms with Gasteiger partial charge >= 0.3 is 0 Å². The van der Waals surface area contributed by atoms with E-state index in [0.29, 0.717) is 0 Å². The lowest BCUT2D eigenvalue weighted by Gasteiger charge is -2.20. The van der Waals surface area contributed by atoms with E-state index in [4.69, 9.17) is 5.11 Å². The van der Waals surface area contributed by atoms with Crippen molar-refractivity contribution in [3.8, 4) is 0 Å². The Bertz CT molecular complexity index is 83.0. The molecule has 0 spiro atoms. The van der Waals surface area contributed by atoms with Crippen LogP contribution in [0.1, 0.15) is 13.8 Å². The fourth-order valence-corrected chi connectivity index (χ4v) is 0.394. The van der Waals surface area contributed by atoms with Crippen molar-refractivity contribution in [3.63, 3.8) is 0 Å². The summed E-state index contributed by atoms with van der Waals surface area (Å²) in [6, 6.07) is 0. The summed E-state index contributed by atoms with van der Waals surface area (Å²) in [5.41, 5.74) is 0. The zero-order valence-corrected chi connectivity index (χ0v) is 6.15. The van der Waals surface area contributed by atoms with Crippen molar-refractivity contribution in [1.29, 1.82) is 0 Å². The predicted octanol–water partition coefficient (Wildman–Crippen LogP) is 1.24. The van der Waals surface area contributed by atoms with E-state index in [1.54, 1.807) is 0 Å². The fraction of sp³-hybridized carbons (Fsp3) is 0.667. The summed E-state index contributed by atoms with van der Waals surface area (Å²) in [6.07, 6.45) is 0.957. The van der Waals surface area contributed by atoms with Crippen molar-refractivity contribution in [3.05, 3.63) is 12.7 Å². The lowest BCUT2D eigenvalue weighted by atomic mass is 10.1. The van der Waals surface area contributed by atoms with E-state index < -0.39 is 6.10 Å². The zero-order valence-electron chi connectivity index (χ0n) is 5.26. The van der Waals surface area contributed by atoms with Crippen LogP contribution in [0.5, 0.6) is 0 Å². The van der Waals surface area contributed by atoms with Gasteiger partial charge in [-0.25, -0.2) is 0 Å². The Morgan fingerprint density at radius 2 is 2.12 bits per heavy atom. The highest BCUT2D eigenvalue weighted by molar-refractivity contribution is 7.81. The first kappa shape index (κ1) is 8.05. The normalized spacial score (nSPS) is 15.5. The predicted molar refractivity (Wildman–Crippen MR) is 39.3 cm³/mol. The third-order valence-corrected chi connectivity index (χ3v) is 1.21. The molecule has 0 saturated carbocycles. The first-order valence-electron chi connectivity index (χ1n) is 2.51. The van der Waals surface area contributed by atoms with Gasteiger partial charge in [-0.15, -0.1) is 6.58 Å². The van der Waals surface area contributed by atoms with Crippen LogP contribution in [0.4, 0.5) is 0 Å². The van der Waals surface area contributed by atoms with Crippen LogP contribution < -0.4 is 0 Å². The summed E-state index contributed by atoms with van der Waals surface area (Å²) in [6.45, 7) is 7.10. The molecule has 0 fully saturated rings. The Morgan fingerprint density at radius 1 is 1.75 bits per heavy atom. The lowest BCUT2D eigenvalue weighted by Crippen LogP contribution is -2.27. The monoisotopic (exact) mass is 132 g/mol. The molecule has 0 aliphatic heterocycles. The molecule has 0 saturated heterocycles. The highest BCUT2D eigenvalue weighted by Gasteiger charge is 2.19. The van der Waals surface area contributed by atoms with Gasteiger partial charge in [0.15, 0.2) is 0 Å². The Labute approximate surface area is 55.8 Å². The molecule has 2 heteroatoms. The van der Waals surface area contributed by atoms with Crippen LogP contribution in [0.2, 0.25) is 0 Å². The van der Waals surface area contributed by atoms with Gasteiger partial charge in [-0.05, 0) is 13.8 Å². The molecule has 0 rings (SSSR count). The Hall–Kier alpha value is 0.0500. The molecule has 0 radical (unpaired) electrons. The molecule has 1 atom stereocenters. The molecule has 0 unspecified atom stereocenters. The van der Waals surface area contributed by atoms with Crippen LogP contribution in [0.3, 0.4) is 0 Å². The molecule has 0 amide bonds. The number of thiol groups is 1. The molecule has 0 aromatic rings. The molecule has 1 nitrogen and oxygen atoms in total. The molecule has 8 heavy (non-hydrogen) atoms. The van der Waals surface area contributed by atoms with Crippen molar-refractivity contribution in [2.24, 2.45) is 0 Å². The van der Waals surface area contributed by atoms with Crippen LogP contribution in [-0.4, -0.2) is 16.0 Å². The Balaban J connectivity index is 3.80. The molecule has 48 valence electrons. The van der Waals surface area contributed by atoms with Crippen molar-refractivity contribution in [1.82, 2.24) is 0 Å². The molecule has 0 heterocycles. The van der Waals surface area contributed by atoms with E-state index in [1.165, 1.54) is 6.08 Å². The van der Waals surface area contributed by atoms with Gasteiger partial charge in [-0.3, -0.25) is 0 Å². The maximum absolute atomic E-state index is 9.00. The molecule has 0 bridgehead atoms. The highest BCUT2D eigenvalue weighted by Crippen LogP contribution is 2.17.